The minimum Gasteiger partial charge on any atom is -0.388 e. The van der Waals surface area contributed by atoms with Gasteiger partial charge in [-0.1, -0.05) is 48.5 Å². The number of para-hydroxylation sites is 1. The average molecular weight is 334 g/mol. The number of benzene rings is 2. The lowest BCUT2D eigenvalue weighted by atomic mass is 9.80. The molecule has 0 bridgehead atoms. The Morgan fingerprint density at radius 3 is 2.52 bits per heavy atom. The molecular weight excluding hydrogens is 312 g/mol. The first-order valence-electron chi connectivity index (χ1n) is 8.77. The van der Waals surface area contributed by atoms with E-state index in [0.29, 0.717) is 12.1 Å². The van der Waals surface area contributed by atoms with Gasteiger partial charge < -0.3 is 15.0 Å². The normalized spacial score (nSPS) is 15.7. The first-order valence-corrected chi connectivity index (χ1v) is 8.77. The third-order valence-electron chi connectivity index (χ3n) is 5.09. The number of hydrogen-bond donors (Lipinski definition) is 2. The molecule has 1 saturated carbocycles. The molecule has 1 heterocycles. The second kappa shape index (κ2) is 6.37. The van der Waals surface area contributed by atoms with Gasteiger partial charge in [0.25, 0.3) is 5.91 Å². The van der Waals surface area contributed by atoms with E-state index in [2.05, 4.69) is 22.0 Å². The Hall–Kier alpha value is -2.59. The van der Waals surface area contributed by atoms with Gasteiger partial charge in [-0.25, -0.2) is 0 Å². The van der Waals surface area contributed by atoms with Crippen molar-refractivity contribution in [3.05, 3.63) is 71.9 Å². The molecule has 1 aliphatic carbocycles. The van der Waals surface area contributed by atoms with Crippen molar-refractivity contribution < 1.29 is 9.90 Å². The van der Waals surface area contributed by atoms with Crippen LogP contribution in [0.4, 0.5) is 0 Å². The van der Waals surface area contributed by atoms with Gasteiger partial charge in [0.1, 0.15) is 0 Å². The van der Waals surface area contributed by atoms with E-state index >= 15 is 0 Å². The van der Waals surface area contributed by atoms with Crippen LogP contribution in [0.25, 0.3) is 10.9 Å². The summed E-state index contributed by atoms with van der Waals surface area (Å²) >= 11 is 0. The van der Waals surface area contributed by atoms with Gasteiger partial charge in [0.2, 0.25) is 0 Å². The largest absolute Gasteiger partial charge is 0.388 e. The highest BCUT2D eigenvalue weighted by molar-refractivity contribution is 6.07. The molecule has 25 heavy (non-hydrogen) atoms. The number of amides is 1. The van der Waals surface area contributed by atoms with Crippen LogP contribution in [-0.4, -0.2) is 27.7 Å². The maximum absolute atomic E-state index is 12.7. The molecule has 3 aromatic rings. The van der Waals surface area contributed by atoms with Gasteiger partial charge in [0.05, 0.1) is 11.2 Å². The highest BCUT2D eigenvalue weighted by Gasteiger charge is 2.34. The lowest BCUT2D eigenvalue weighted by molar-refractivity contribution is -0.0300. The third kappa shape index (κ3) is 3.17. The van der Waals surface area contributed by atoms with Crippen molar-refractivity contribution in [2.75, 3.05) is 6.54 Å². The Bertz CT molecular complexity index is 895. The van der Waals surface area contributed by atoms with Crippen molar-refractivity contribution in [1.29, 1.82) is 0 Å². The van der Waals surface area contributed by atoms with Gasteiger partial charge in [-0.05, 0) is 30.9 Å². The zero-order chi connectivity index (χ0) is 17.3. The number of fused-ring (bicyclic) bond motifs is 1. The number of nitrogens with one attached hydrogen (secondary N) is 1. The van der Waals surface area contributed by atoms with Crippen molar-refractivity contribution in [2.45, 2.75) is 31.4 Å². The van der Waals surface area contributed by atoms with Crippen LogP contribution in [0.1, 0.15) is 35.2 Å². The highest BCUT2D eigenvalue weighted by atomic mass is 16.3. The zero-order valence-electron chi connectivity index (χ0n) is 14.1. The Balaban J connectivity index is 1.61. The maximum Gasteiger partial charge on any atom is 0.253 e. The third-order valence-corrected chi connectivity index (χ3v) is 5.09. The van der Waals surface area contributed by atoms with Crippen molar-refractivity contribution in [2.24, 2.45) is 0 Å². The summed E-state index contributed by atoms with van der Waals surface area (Å²) in [6, 6.07) is 18.2. The topological polar surface area (TPSA) is 54.3 Å². The van der Waals surface area contributed by atoms with Gasteiger partial charge in [-0.3, -0.25) is 4.79 Å². The molecule has 0 saturated heterocycles. The predicted molar refractivity (Wildman–Crippen MR) is 98.6 cm³/mol. The van der Waals surface area contributed by atoms with Crippen LogP contribution >= 0.6 is 0 Å². The molecule has 4 rings (SSSR count). The summed E-state index contributed by atoms with van der Waals surface area (Å²) in [6.07, 6.45) is 4.48. The SMILES string of the molecule is O=C(NCC1(O)CCC1)c1cn(Cc2ccccc2)c2ccccc12. The van der Waals surface area contributed by atoms with Crippen LogP contribution in [-0.2, 0) is 6.54 Å². The molecule has 1 aliphatic rings. The average Bonchev–Trinajstić information content (AvgIpc) is 2.98. The molecule has 1 aromatic heterocycles. The summed E-state index contributed by atoms with van der Waals surface area (Å²) in [5.41, 5.74) is 2.19. The number of carbonyl (C=O) groups is 1. The molecule has 128 valence electrons. The van der Waals surface area contributed by atoms with Crippen LogP contribution < -0.4 is 5.32 Å². The lowest BCUT2D eigenvalue weighted by Gasteiger charge is -2.36. The second-order valence-corrected chi connectivity index (χ2v) is 6.93. The van der Waals surface area contributed by atoms with E-state index in [-0.39, 0.29) is 5.91 Å². The quantitative estimate of drug-likeness (QED) is 0.752. The van der Waals surface area contributed by atoms with Gasteiger partial charge in [0.15, 0.2) is 0 Å². The summed E-state index contributed by atoms with van der Waals surface area (Å²) in [4.78, 5) is 12.7. The molecule has 4 nitrogen and oxygen atoms in total. The monoisotopic (exact) mass is 334 g/mol. The van der Waals surface area contributed by atoms with E-state index in [4.69, 9.17) is 0 Å². The first kappa shape index (κ1) is 15.9. The molecule has 0 spiro atoms. The van der Waals surface area contributed by atoms with Gasteiger partial charge in [0, 0.05) is 30.2 Å². The molecule has 0 radical (unpaired) electrons. The fraction of sp³-hybridized carbons (Fsp3) is 0.286. The second-order valence-electron chi connectivity index (χ2n) is 6.93. The first-order chi connectivity index (χ1) is 12.1. The molecule has 0 atom stereocenters. The van der Waals surface area contributed by atoms with Crippen molar-refractivity contribution in [1.82, 2.24) is 9.88 Å². The highest BCUT2D eigenvalue weighted by Crippen LogP contribution is 2.31. The molecule has 2 aromatic carbocycles. The predicted octanol–water partition coefficient (Wildman–Crippen LogP) is 3.33. The summed E-state index contributed by atoms with van der Waals surface area (Å²) in [7, 11) is 0. The van der Waals surface area contributed by atoms with Crippen LogP contribution in [0.15, 0.2) is 60.8 Å². The summed E-state index contributed by atoms with van der Waals surface area (Å²) in [5.74, 6) is -0.122. The number of aliphatic hydroxyl groups is 1. The molecule has 2 N–H and O–H groups in total. The Labute approximate surface area is 147 Å². The van der Waals surface area contributed by atoms with Crippen LogP contribution in [0.3, 0.4) is 0 Å². The van der Waals surface area contributed by atoms with E-state index in [9.17, 15) is 9.90 Å². The zero-order valence-corrected chi connectivity index (χ0v) is 14.1. The van der Waals surface area contributed by atoms with Gasteiger partial charge in [-0.15, -0.1) is 0 Å². The van der Waals surface area contributed by atoms with E-state index in [1.165, 1.54) is 5.56 Å². The summed E-state index contributed by atoms with van der Waals surface area (Å²) < 4.78 is 2.11. The van der Waals surface area contributed by atoms with Crippen molar-refractivity contribution >= 4 is 16.8 Å². The molecular formula is C21H22N2O2. The van der Waals surface area contributed by atoms with E-state index < -0.39 is 5.60 Å². The Morgan fingerprint density at radius 2 is 1.80 bits per heavy atom. The minimum atomic E-state index is -0.710. The standard InChI is InChI=1S/C21H22N2O2/c24-20(22-15-21(25)11-6-12-21)18-14-23(13-16-7-2-1-3-8-16)19-10-5-4-9-17(18)19/h1-5,7-10,14,25H,6,11-13,15H2,(H,22,24). The van der Waals surface area contributed by atoms with E-state index in [0.717, 1.165) is 36.7 Å². The van der Waals surface area contributed by atoms with Gasteiger partial charge >= 0.3 is 0 Å². The number of hydrogen-bond acceptors (Lipinski definition) is 2. The number of nitrogens with zero attached hydrogens (tertiary/aromatic N) is 1. The van der Waals surface area contributed by atoms with E-state index in [1.54, 1.807) is 0 Å². The number of aromatic nitrogens is 1. The molecule has 1 amide bonds. The molecule has 1 fully saturated rings. The van der Waals surface area contributed by atoms with Crippen molar-refractivity contribution in [3.8, 4) is 0 Å². The molecule has 4 heteroatoms. The van der Waals surface area contributed by atoms with Crippen molar-refractivity contribution in [3.63, 3.8) is 0 Å². The summed E-state index contributed by atoms with van der Waals surface area (Å²) in [6.45, 7) is 1.04. The number of rotatable bonds is 5. The fourth-order valence-corrected chi connectivity index (χ4v) is 3.44. The molecule has 0 unspecified atom stereocenters. The maximum atomic E-state index is 12.7. The number of carbonyl (C=O) groups excluding carboxylic acids is 1. The Kier molecular flexibility index (Phi) is 4.06. The molecule has 0 aliphatic heterocycles. The Morgan fingerprint density at radius 1 is 1.08 bits per heavy atom. The minimum absolute atomic E-state index is 0.122. The summed E-state index contributed by atoms with van der Waals surface area (Å²) in [5, 5.41) is 14.0. The van der Waals surface area contributed by atoms with Crippen LogP contribution in [0, 0.1) is 0 Å². The lowest BCUT2D eigenvalue weighted by Crippen LogP contribution is -2.47. The van der Waals surface area contributed by atoms with Crippen LogP contribution in [0.2, 0.25) is 0 Å². The smallest absolute Gasteiger partial charge is 0.253 e. The van der Waals surface area contributed by atoms with Gasteiger partial charge in [-0.2, -0.15) is 0 Å². The van der Waals surface area contributed by atoms with E-state index in [1.807, 2.05) is 48.7 Å². The van der Waals surface area contributed by atoms with Crippen LogP contribution in [0.5, 0.6) is 0 Å². The fourth-order valence-electron chi connectivity index (χ4n) is 3.44.